The molecule has 0 atom stereocenters. The maximum Gasteiger partial charge on any atom is 0.232 e. The molecule has 1 aromatic carbocycles. The van der Waals surface area contributed by atoms with Gasteiger partial charge in [0.25, 0.3) is 0 Å². The highest BCUT2D eigenvalue weighted by Gasteiger charge is 2.08. The van der Waals surface area contributed by atoms with Gasteiger partial charge in [-0.15, -0.1) is 0 Å². The molecule has 2 rings (SSSR count). The number of pyridine rings is 1. The molecular weight excluding hydrogens is 322 g/mol. The van der Waals surface area contributed by atoms with E-state index in [-0.39, 0.29) is 5.75 Å². The summed E-state index contributed by atoms with van der Waals surface area (Å²) >= 11 is 6.08. The summed E-state index contributed by atoms with van der Waals surface area (Å²) in [6.45, 7) is 2.37. The minimum absolute atomic E-state index is 0.0967. The monoisotopic (exact) mass is 339 g/mol. The Bertz CT molecular complexity index is 718. The molecule has 2 aromatic rings. The van der Waals surface area contributed by atoms with Gasteiger partial charge in [-0.05, 0) is 30.2 Å². The molecule has 22 heavy (non-hydrogen) atoms. The Morgan fingerprint density at radius 1 is 1.18 bits per heavy atom. The van der Waals surface area contributed by atoms with E-state index in [0.717, 1.165) is 5.56 Å². The zero-order chi connectivity index (χ0) is 16.0. The second kappa shape index (κ2) is 7.47. The molecule has 0 saturated heterocycles. The summed E-state index contributed by atoms with van der Waals surface area (Å²) in [5.74, 6) is 0.748. The van der Waals surface area contributed by atoms with Crippen molar-refractivity contribution >= 4 is 33.1 Å². The number of nitrogens with zero attached hydrogens (tertiary/aromatic N) is 1. The summed E-state index contributed by atoms with van der Waals surface area (Å²) in [7, 11) is -3.29. The molecule has 5 nitrogen and oxygen atoms in total. The van der Waals surface area contributed by atoms with Gasteiger partial charge in [-0.25, -0.2) is 13.4 Å². The van der Waals surface area contributed by atoms with Crippen LogP contribution in [0.15, 0.2) is 42.6 Å². The third-order valence-corrected chi connectivity index (χ3v) is 4.79. The van der Waals surface area contributed by atoms with Gasteiger partial charge < -0.3 is 5.32 Å². The standard InChI is InChI=1S/C15H18ClN3O2S/c1-2-9-22(20,21)19-13-7-8-15(18-11-13)17-10-12-5-3-4-6-14(12)16/h3-8,11,19H,2,9-10H2,1H3,(H,17,18). The van der Waals surface area contributed by atoms with E-state index < -0.39 is 10.0 Å². The second-order valence-corrected chi connectivity index (χ2v) is 7.05. The predicted octanol–water partition coefficient (Wildman–Crippen LogP) is 3.50. The van der Waals surface area contributed by atoms with Gasteiger partial charge in [0, 0.05) is 11.6 Å². The first-order valence-electron chi connectivity index (χ1n) is 6.94. The number of nitrogens with one attached hydrogen (secondary N) is 2. The summed E-state index contributed by atoms with van der Waals surface area (Å²) in [6.07, 6.45) is 2.06. The number of anilines is 2. The minimum atomic E-state index is -3.29. The Labute approximate surface area is 135 Å². The highest BCUT2D eigenvalue weighted by Crippen LogP contribution is 2.17. The lowest BCUT2D eigenvalue weighted by molar-refractivity contribution is 0.600. The van der Waals surface area contributed by atoms with E-state index in [1.807, 2.05) is 31.2 Å². The molecule has 0 aliphatic heterocycles. The molecule has 0 saturated carbocycles. The first-order valence-corrected chi connectivity index (χ1v) is 8.97. The van der Waals surface area contributed by atoms with Crippen LogP contribution in [-0.2, 0) is 16.6 Å². The molecule has 0 aliphatic rings. The van der Waals surface area contributed by atoms with Gasteiger partial charge in [-0.1, -0.05) is 36.7 Å². The normalized spacial score (nSPS) is 11.2. The molecule has 0 unspecified atom stereocenters. The second-order valence-electron chi connectivity index (χ2n) is 4.80. The predicted molar refractivity (Wildman–Crippen MR) is 90.7 cm³/mol. The van der Waals surface area contributed by atoms with Crippen molar-refractivity contribution in [1.29, 1.82) is 0 Å². The van der Waals surface area contributed by atoms with Gasteiger partial charge in [0.15, 0.2) is 0 Å². The Kier molecular flexibility index (Phi) is 5.63. The Balaban J connectivity index is 1.96. The number of hydrogen-bond donors (Lipinski definition) is 2. The van der Waals surface area contributed by atoms with Crippen LogP contribution in [0.5, 0.6) is 0 Å². The molecule has 0 spiro atoms. The largest absolute Gasteiger partial charge is 0.366 e. The van der Waals surface area contributed by atoms with E-state index in [4.69, 9.17) is 11.6 Å². The Hall–Kier alpha value is -1.79. The molecule has 0 radical (unpaired) electrons. The van der Waals surface area contributed by atoms with Gasteiger partial charge in [0.2, 0.25) is 10.0 Å². The van der Waals surface area contributed by atoms with Gasteiger partial charge in [0.05, 0.1) is 17.6 Å². The van der Waals surface area contributed by atoms with E-state index >= 15 is 0 Å². The molecule has 1 aromatic heterocycles. The molecule has 118 valence electrons. The number of hydrogen-bond acceptors (Lipinski definition) is 4. The van der Waals surface area contributed by atoms with Crippen molar-refractivity contribution in [1.82, 2.24) is 4.98 Å². The lowest BCUT2D eigenvalue weighted by Gasteiger charge is -2.09. The number of benzene rings is 1. The minimum Gasteiger partial charge on any atom is -0.366 e. The van der Waals surface area contributed by atoms with Gasteiger partial charge >= 0.3 is 0 Å². The van der Waals surface area contributed by atoms with Crippen molar-refractivity contribution in [2.24, 2.45) is 0 Å². The van der Waals surface area contributed by atoms with Gasteiger partial charge in [-0.3, -0.25) is 4.72 Å². The third-order valence-electron chi connectivity index (χ3n) is 2.93. The Morgan fingerprint density at radius 2 is 1.95 bits per heavy atom. The first-order chi connectivity index (χ1) is 10.5. The number of halogens is 1. The van der Waals surface area contributed by atoms with E-state index in [1.165, 1.54) is 6.20 Å². The first kappa shape index (κ1) is 16.6. The molecule has 7 heteroatoms. The summed E-state index contributed by atoms with van der Waals surface area (Å²) in [5.41, 5.74) is 1.43. The van der Waals surface area contributed by atoms with Crippen molar-refractivity contribution in [3.8, 4) is 0 Å². The smallest absolute Gasteiger partial charge is 0.232 e. The molecule has 0 amide bonds. The zero-order valence-corrected chi connectivity index (χ0v) is 13.8. The molecule has 1 heterocycles. The SMILES string of the molecule is CCCS(=O)(=O)Nc1ccc(NCc2ccccc2Cl)nc1. The average molecular weight is 340 g/mol. The van der Waals surface area contributed by atoms with E-state index in [1.54, 1.807) is 12.1 Å². The van der Waals surface area contributed by atoms with Crippen molar-refractivity contribution in [2.75, 3.05) is 15.8 Å². The maximum atomic E-state index is 11.7. The molecule has 0 aliphatic carbocycles. The van der Waals surface area contributed by atoms with Crippen LogP contribution in [0.1, 0.15) is 18.9 Å². The maximum absolute atomic E-state index is 11.7. The van der Waals surface area contributed by atoms with Crippen molar-refractivity contribution in [2.45, 2.75) is 19.9 Å². The zero-order valence-electron chi connectivity index (χ0n) is 12.2. The van der Waals surface area contributed by atoms with Crippen LogP contribution in [0.25, 0.3) is 0 Å². The number of sulfonamides is 1. The van der Waals surface area contributed by atoms with Crippen LogP contribution in [0.4, 0.5) is 11.5 Å². The van der Waals surface area contributed by atoms with Gasteiger partial charge in [-0.2, -0.15) is 0 Å². The van der Waals surface area contributed by atoms with Crippen molar-refractivity contribution in [3.63, 3.8) is 0 Å². The molecular formula is C15H18ClN3O2S. The van der Waals surface area contributed by atoms with Crippen LogP contribution in [-0.4, -0.2) is 19.2 Å². The fourth-order valence-electron chi connectivity index (χ4n) is 1.89. The van der Waals surface area contributed by atoms with E-state index in [0.29, 0.717) is 29.5 Å². The summed E-state index contributed by atoms with van der Waals surface area (Å²) < 4.78 is 25.8. The topological polar surface area (TPSA) is 71.1 Å². The molecule has 0 fully saturated rings. The summed E-state index contributed by atoms with van der Waals surface area (Å²) in [5, 5.41) is 3.84. The van der Waals surface area contributed by atoms with Gasteiger partial charge in [0.1, 0.15) is 5.82 Å². The van der Waals surface area contributed by atoms with E-state index in [9.17, 15) is 8.42 Å². The average Bonchev–Trinajstić information content (AvgIpc) is 2.47. The summed E-state index contributed by atoms with van der Waals surface area (Å²) in [6, 6.07) is 11.0. The lowest BCUT2D eigenvalue weighted by atomic mass is 10.2. The fourth-order valence-corrected chi connectivity index (χ4v) is 3.21. The van der Waals surface area contributed by atoms with Crippen LogP contribution >= 0.6 is 11.6 Å². The van der Waals surface area contributed by atoms with Crippen molar-refractivity contribution in [3.05, 3.63) is 53.2 Å². The lowest BCUT2D eigenvalue weighted by Crippen LogP contribution is -2.16. The van der Waals surface area contributed by atoms with Crippen LogP contribution < -0.4 is 10.0 Å². The number of aromatic nitrogens is 1. The molecule has 2 N–H and O–H groups in total. The fraction of sp³-hybridized carbons (Fsp3) is 0.267. The quantitative estimate of drug-likeness (QED) is 0.810. The van der Waals surface area contributed by atoms with Crippen LogP contribution in [0.2, 0.25) is 5.02 Å². The highest BCUT2D eigenvalue weighted by molar-refractivity contribution is 7.92. The summed E-state index contributed by atoms with van der Waals surface area (Å²) in [4.78, 5) is 4.19. The third kappa shape index (κ3) is 4.89. The van der Waals surface area contributed by atoms with Crippen LogP contribution in [0, 0.1) is 0 Å². The number of rotatable bonds is 7. The highest BCUT2D eigenvalue weighted by atomic mass is 35.5. The van der Waals surface area contributed by atoms with Crippen LogP contribution in [0.3, 0.4) is 0 Å². The Morgan fingerprint density at radius 3 is 2.59 bits per heavy atom. The molecule has 0 bridgehead atoms. The van der Waals surface area contributed by atoms with Crippen molar-refractivity contribution < 1.29 is 8.42 Å². The van der Waals surface area contributed by atoms with E-state index in [2.05, 4.69) is 15.0 Å².